The zero-order valence-corrected chi connectivity index (χ0v) is 11.6. The number of carboxylic acids is 1. The summed E-state index contributed by atoms with van der Waals surface area (Å²) in [7, 11) is 1.60. The molecule has 0 aliphatic rings. The monoisotopic (exact) mass is 281 g/mol. The molecule has 6 heteroatoms. The molecule has 0 aliphatic heterocycles. The van der Waals surface area contributed by atoms with E-state index in [4.69, 9.17) is 14.6 Å². The maximum absolute atomic E-state index is 11.5. The van der Waals surface area contributed by atoms with Crippen LogP contribution in [0.5, 0.6) is 5.75 Å². The SMILES string of the molecule is COc1ccccc1CC(C)NC(=O)COCC(=O)O. The van der Waals surface area contributed by atoms with Crippen molar-refractivity contribution in [2.45, 2.75) is 19.4 Å². The number of carbonyl (C=O) groups is 2. The lowest BCUT2D eigenvalue weighted by molar-refractivity contribution is -0.143. The summed E-state index contributed by atoms with van der Waals surface area (Å²) in [6.45, 7) is 1.12. The third-order valence-corrected chi connectivity index (χ3v) is 2.58. The first-order chi connectivity index (χ1) is 9.52. The number of benzene rings is 1. The lowest BCUT2D eigenvalue weighted by Crippen LogP contribution is -2.37. The van der Waals surface area contributed by atoms with E-state index < -0.39 is 12.6 Å². The Labute approximate surface area is 117 Å². The number of carbonyl (C=O) groups excluding carboxylic acids is 1. The summed E-state index contributed by atoms with van der Waals surface area (Å²) in [6.07, 6.45) is 0.620. The molecule has 1 amide bonds. The van der Waals surface area contributed by atoms with Gasteiger partial charge in [0.2, 0.25) is 5.91 Å². The fraction of sp³-hybridized carbons (Fsp3) is 0.429. The molecule has 6 nitrogen and oxygen atoms in total. The van der Waals surface area contributed by atoms with Crippen molar-refractivity contribution < 1.29 is 24.2 Å². The van der Waals surface area contributed by atoms with Crippen LogP contribution in [0.4, 0.5) is 0 Å². The Morgan fingerprint density at radius 2 is 2.00 bits per heavy atom. The zero-order chi connectivity index (χ0) is 15.0. The first-order valence-electron chi connectivity index (χ1n) is 6.23. The van der Waals surface area contributed by atoms with E-state index in [2.05, 4.69) is 5.32 Å². The molecule has 0 bridgehead atoms. The maximum Gasteiger partial charge on any atom is 0.329 e. The Hall–Kier alpha value is -2.08. The highest BCUT2D eigenvalue weighted by Crippen LogP contribution is 2.18. The number of aliphatic carboxylic acids is 1. The molecule has 0 radical (unpaired) electrons. The molecule has 1 aromatic rings. The normalized spacial score (nSPS) is 11.7. The number of hydrogen-bond acceptors (Lipinski definition) is 4. The van der Waals surface area contributed by atoms with E-state index in [1.54, 1.807) is 7.11 Å². The molecular formula is C14H19NO5. The van der Waals surface area contributed by atoms with Crippen molar-refractivity contribution in [3.05, 3.63) is 29.8 Å². The lowest BCUT2D eigenvalue weighted by atomic mass is 10.1. The Kier molecular flexibility index (Phi) is 6.52. The van der Waals surface area contributed by atoms with Crippen molar-refractivity contribution in [2.75, 3.05) is 20.3 Å². The number of ether oxygens (including phenoxy) is 2. The van der Waals surface area contributed by atoms with Gasteiger partial charge in [-0.3, -0.25) is 4.79 Å². The molecule has 0 aromatic heterocycles. The summed E-state index contributed by atoms with van der Waals surface area (Å²) in [5.74, 6) is -0.663. The van der Waals surface area contributed by atoms with Gasteiger partial charge in [0, 0.05) is 6.04 Å². The van der Waals surface area contributed by atoms with Crippen LogP contribution in [0.1, 0.15) is 12.5 Å². The number of hydrogen-bond donors (Lipinski definition) is 2. The summed E-state index contributed by atoms with van der Waals surface area (Å²) >= 11 is 0. The van der Waals surface area contributed by atoms with E-state index in [9.17, 15) is 9.59 Å². The Balaban J connectivity index is 2.41. The smallest absolute Gasteiger partial charge is 0.329 e. The van der Waals surface area contributed by atoms with E-state index in [1.807, 2.05) is 31.2 Å². The Morgan fingerprint density at radius 1 is 1.30 bits per heavy atom. The van der Waals surface area contributed by atoms with Crippen LogP contribution < -0.4 is 10.1 Å². The van der Waals surface area contributed by atoms with Gasteiger partial charge in [0.15, 0.2) is 0 Å². The number of methoxy groups -OCH3 is 1. The van der Waals surface area contributed by atoms with Crippen molar-refractivity contribution in [1.82, 2.24) is 5.32 Å². The largest absolute Gasteiger partial charge is 0.496 e. The van der Waals surface area contributed by atoms with E-state index in [-0.39, 0.29) is 18.6 Å². The van der Waals surface area contributed by atoms with Gasteiger partial charge in [0.1, 0.15) is 19.0 Å². The zero-order valence-electron chi connectivity index (χ0n) is 11.6. The maximum atomic E-state index is 11.5. The molecule has 0 saturated carbocycles. The van der Waals surface area contributed by atoms with Crippen molar-refractivity contribution in [3.63, 3.8) is 0 Å². The van der Waals surface area contributed by atoms with Crippen LogP contribution in [0.25, 0.3) is 0 Å². The van der Waals surface area contributed by atoms with E-state index in [0.717, 1.165) is 11.3 Å². The molecule has 0 spiro atoms. The first kappa shape index (κ1) is 16.0. The predicted molar refractivity (Wildman–Crippen MR) is 72.8 cm³/mol. The standard InChI is InChI=1S/C14H19NO5/c1-10(15-13(16)8-20-9-14(17)18)7-11-5-3-4-6-12(11)19-2/h3-6,10H,7-9H2,1-2H3,(H,15,16)(H,17,18). The third-order valence-electron chi connectivity index (χ3n) is 2.58. The van der Waals surface area contributed by atoms with Gasteiger partial charge in [-0.1, -0.05) is 18.2 Å². The van der Waals surface area contributed by atoms with Gasteiger partial charge < -0.3 is 19.9 Å². The number of rotatable bonds is 8. The minimum Gasteiger partial charge on any atom is -0.496 e. The van der Waals surface area contributed by atoms with Crippen LogP contribution >= 0.6 is 0 Å². The quantitative estimate of drug-likeness (QED) is 0.737. The molecule has 20 heavy (non-hydrogen) atoms. The molecule has 1 aromatic carbocycles. The van der Waals surface area contributed by atoms with Gasteiger partial charge in [-0.15, -0.1) is 0 Å². The second-order valence-corrected chi connectivity index (χ2v) is 4.37. The van der Waals surface area contributed by atoms with E-state index >= 15 is 0 Å². The first-order valence-corrected chi connectivity index (χ1v) is 6.23. The molecule has 0 fully saturated rings. The van der Waals surface area contributed by atoms with Crippen LogP contribution in [0.3, 0.4) is 0 Å². The average Bonchev–Trinajstić information content (AvgIpc) is 2.38. The predicted octanol–water partition coefficient (Wildman–Crippen LogP) is 0.844. The molecule has 1 rings (SSSR count). The molecule has 110 valence electrons. The summed E-state index contributed by atoms with van der Waals surface area (Å²) in [5.41, 5.74) is 0.995. The Bertz CT molecular complexity index is 461. The van der Waals surface area contributed by atoms with Crippen LogP contribution in [-0.2, 0) is 20.7 Å². The molecule has 1 atom stereocenters. The van der Waals surface area contributed by atoms with Gasteiger partial charge in [-0.2, -0.15) is 0 Å². The van der Waals surface area contributed by atoms with Crippen molar-refractivity contribution in [2.24, 2.45) is 0 Å². The van der Waals surface area contributed by atoms with E-state index in [0.29, 0.717) is 6.42 Å². The highest BCUT2D eigenvalue weighted by molar-refractivity contribution is 5.78. The summed E-state index contributed by atoms with van der Waals surface area (Å²) in [4.78, 5) is 21.8. The number of carboxylic acid groups (broad SMARTS) is 1. The third kappa shape index (κ3) is 5.71. The molecule has 1 unspecified atom stereocenters. The second-order valence-electron chi connectivity index (χ2n) is 4.37. The fourth-order valence-corrected chi connectivity index (χ4v) is 1.80. The van der Waals surface area contributed by atoms with Crippen molar-refractivity contribution in [3.8, 4) is 5.75 Å². The Morgan fingerprint density at radius 3 is 2.65 bits per heavy atom. The minimum atomic E-state index is -1.10. The molecule has 0 heterocycles. The van der Waals surface area contributed by atoms with Gasteiger partial charge >= 0.3 is 5.97 Å². The van der Waals surface area contributed by atoms with Gasteiger partial charge in [0.25, 0.3) is 0 Å². The van der Waals surface area contributed by atoms with Crippen molar-refractivity contribution >= 4 is 11.9 Å². The number of amides is 1. The topological polar surface area (TPSA) is 84.9 Å². The molecule has 0 aliphatic carbocycles. The van der Waals surface area contributed by atoms with Crippen LogP contribution in [-0.4, -0.2) is 43.3 Å². The molecular weight excluding hydrogens is 262 g/mol. The summed E-state index contributed by atoms with van der Waals surface area (Å²) in [5, 5.41) is 11.1. The average molecular weight is 281 g/mol. The number of para-hydroxylation sites is 1. The second kappa shape index (κ2) is 8.16. The van der Waals surface area contributed by atoms with Crippen LogP contribution in [0, 0.1) is 0 Å². The molecule has 2 N–H and O–H groups in total. The van der Waals surface area contributed by atoms with Gasteiger partial charge in [-0.05, 0) is 25.0 Å². The van der Waals surface area contributed by atoms with E-state index in [1.165, 1.54) is 0 Å². The van der Waals surface area contributed by atoms with Crippen LogP contribution in [0.2, 0.25) is 0 Å². The highest BCUT2D eigenvalue weighted by atomic mass is 16.5. The number of nitrogens with one attached hydrogen (secondary N) is 1. The van der Waals surface area contributed by atoms with Crippen molar-refractivity contribution in [1.29, 1.82) is 0 Å². The minimum absolute atomic E-state index is 0.104. The lowest BCUT2D eigenvalue weighted by Gasteiger charge is -2.15. The summed E-state index contributed by atoms with van der Waals surface area (Å²) in [6, 6.07) is 7.47. The fourth-order valence-electron chi connectivity index (χ4n) is 1.80. The summed E-state index contributed by atoms with van der Waals surface area (Å²) < 4.78 is 9.96. The van der Waals surface area contributed by atoms with Gasteiger partial charge in [-0.25, -0.2) is 4.79 Å². The van der Waals surface area contributed by atoms with Crippen LogP contribution in [0.15, 0.2) is 24.3 Å². The highest BCUT2D eigenvalue weighted by Gasteiger charge is 2.11. The van der Waals surface area contributed by atoms with Gasteiger partial charge in [0.05, 0.1) is 7.11 Å². The molecule has 0 saturated heterocycles.